The third-order valence-electron chi connectivity index (χ3n) is 3.93. The van der Waals surface area contributed by atoms with E-state index < -0.39 is 23.3 Å². The topological polar surface area (TPSA) is 63.7 Å². The fourth-order valence-corrected chi connectivity index (χ4v) is 2.52. The van der Waals surface area contributed by atoms with E-state index in [1.165, 1.54) is 4.90 Å². The first kappa shape index (κ1) is 20.4. The molecule has 5 heteroatoms. The SMILES string of the molecule is CN(CCc1ccccc1C(=O)C(=O)c1ccccc1)C(=O)OC(C)(C)C. The molecule has 0 saturated carbocycles. The summed E-state index contributed by atoms with van der Waals surface area (Å²) in [4.78, 5) is 38.7. The lowest BCUT2D eigenvalue weighted by molar-refractivity contribution is 0.0300. The lowest BCUT2D eigenvalue weighted by Crippen LogP contribution is -2.35. The van der Waals surface area contributed by atoms with Crippen molar-refractivity contribution in [1.82, 2.24) is 4.90 Å². The van der Waals surface area contributed by atoms with E-state index in [0.29, 0.717) is 24.1 Å². The van der Waals surface area contributed by atoms with Gasteiger partial charge in [-0.2, -0.15) is 0 Å². The highest BCUT2D eigenvalue weighted by Crippen LogP contribution is 2.15. The van der Waals surface area contributed by atoms with Crippen LogP contribution in [0.1, 0.15) is 47.1 Å². The molecule has 2 rings (SSSR count). The van der Waals surface area contributed by atoms with Crippen molar-refractivity contribution in [3.8, 4) is 0 Å². The van der Waals surface area contributed by atoms with E-state index in [1.54, 1.807) is 55.6 Å². The lowest BCUT2D eigenvalue weighted by Gasteiger charge is -2.24. The Morgan fingerprint density at radius 1 is 0.889 bits per heavy atom. The molecule has 5 nitrogen and oxygen atoms in total. The maximum atomic E-state index is 12.7. The molecule has 142 valence electrons. The fraction of sp³-hybridized carbons (Fsp3) is 0.318. The number of amides is 1. The summed E-state index contributed by atoms with van der Waals surface area (Å²) in [7, 11) is 1.65. The van der Waals surface area contributed by atoms with E-state index >= 15 is 0 Å². The zero-order valence-electron chi connectivity index (χ0n) is 16.2. The Labute approximate surface area is 159 Å². The lowest BCUT2D eigenvalue weighted by atomic mass is 9.96. The van der Waals surface area contributed by atoms with Gasteiger partial charge in [-0.3, -0.25) is 9.59 Å². The second-order valence-corrected chi connectivity index (χ2v) is 7.33. The minimum atomic E-state index is -0.568. The molecule has 0 spiro atoms. The third-order valence-corrected chi connectivity index (χ3v) is 3.93. The Bertz CT molecular complexity index is 822. The van der Waals surface area contributed by atoms with Crippen molar-refractivity contribution in [3.05, 3.63) is 71.3 Å². The molecule has 0 heterocycles. The molecule has 0 unspecified atom stereocenters. The predicted octanol–water partition coefficient (Wildman–Crippen LogP) is 4.16. The van der Waals surface area contributed by atoms with Crippen LogP contribution in [0.5, 0.6) is 0 Å². The Balaban J connectivity index is 2.10. The minimum Gasteiger partial charge on any atom is -0.444 e. The van der Waals surface area contributed by atoms with Gasteiger partial charge in [0, 0.05) is 24.7 Å². The molecular weight excluding hydrogens is 342 g/mol. The molecule has 0 fully saturated rings. The standard InChI is InChI=1S/C22H25NO4/c1-22(2,3)27-21(26)23(4)15-14-16-10-8-9-13-18(16)20(25)19(24)17-11-6-5-7-12-17/h5-13H,14-15H2,1-4H3. The van der Waals surface area contributed by atoms with Gasteiger partial charge >= 0.3 is 6.09 Å². The first-order chi connectivity index (χ1) is 12.7. The van der Waals surface area contributed by atoms with E-state index in [1.807, 2.05) is 26.8 Å². The van der Waals surface area contributed by atoms with Gasteiger partial charge in [0.15, 0.2) is 0 Å². The Kier molecular flexibility index (Phi) is 6.50. The third kappa shape index (κ3) is 5.78. The number of carbonyl (C=O) groups is 3. The van der Waals surface area contributed by atoms with E-state index in [9.17, 15) is 14.4 Å². The van der Waals surface area contributed by atoms with E-state index in [0.717, 1.165) is 5.56 Å². The van der Waals surface area contributed by atoms with Crippen molar-refractivity contribution in [1.29, 1.82) is 0 Å². The number of Topliss-reactive ketones (excluding diaryl/α,β-unsaturated/α-hetero) is 2. The van der Waals surface area contributed by atoms with Crippen molar-refractivity contribution < 1.29 is 19.1 Å². The second-order valence-electron chi connectivity index (χ2n) is 7.33. The highest BCUT2D eigenvalue weighted by Gasteiger charge is 2.22. The minimum absolute atomic E-state index is 0.364. The molecule has 2 aromatic carbocycles. The highest BCUT2D eigenvalue weighted by atomic mass is 16.6. The molecule has 0 aliphatic heterocycles. The summed E-state index contributed by atoms with van der Waals surface area (Å²) in [6.45, 7) is 5.80. The second kappa shape index (κ2) is 8.62. The van der Waals surface area contributed by atoms with Crippen LogP contribution in [0.15, 0.2) is 54.6 Å². The summed E-state index contributed by atoms with van der Waals surface area (Å²) in [5.74, 6) is -1.08. The van der Waals surface area contributed by atoms with Crippen LogP contribution in [0.2, 0.25) is 0 Å². The first-order valence-corrected chi connectivity index (χ1v) is 8.85. The molecule has 0 saturated heterocycles. The molecule has 1 amide bonds. The summed E-state index contributed by atoms with van der Waals surface area (Å²) in [5, 5.41) is 0. The molecule has 0 atom stereocenters. The predicted molar refractivity (Wildman–Crippen MR) is 104 cm³/mol. The molecule has 0 bridgehead atoms. The summed E-state index contributed by atoms with van der Waals surface area (Å²) >= 11 is 0. The normalized spacial score (nSPS) is 11.0. The number of nitrogens with zero attached hydrogens (tertiary/aromatic N) is 1. The number of rotatable bonds is 6. The number of benzene rings is 2. The van der Waals surface area contributed by atoms with Crippen LogP contribution in [-0.2, 0) is 11.2 Å². The van der Waals surface area contributed by atoms with Crippen LogP contribution in [-0.4, -0.2) is 41.8 Å². The van der Waals surface area contributed by atoms with E-state index in [2.05, 4.69) is 0 Å². The number of carbonyl (C=O) groups excluding carboxylic acids is 3. The van der Waals surface area contributed by atoms with Crippen molar-refractivity contribution in [2.75, 3.05) is 13.6 Å². The maximum Gasteiger partial charge on any atom is 0.410 e. The summed E-state index contributed by atoms with van der Waals surface area (Å²) in [6.07, 6.45) is 0.0198. The monoisotopic (exact) mass is 367 g/mol. The Morgan fingerprint density at radius 2 is 1.48 bits per heavy atom. The van der Waals surface area contributed by atoms with Crippen molar-refractivity contribution in [2.45, 2.75) is 32.8 Å². The molecule has 2 aromatic rings. The first-order valence-electron chi connectivity index (χ1n) is 8.85. The van der Waals surface area contributed by atoms with Crippen LogP contribution >= 0.6 is 0 Å². The maximum absolute atomic E-state index is 12.7. The van der Waals surface area contributed by atoms with Crippen molar-refractivity contribution in [2.24, 2.45) is 0 Å². The highest BCUT2D eigenvalue weighted by molar-refractivity contribution is 6.49. The average molecular weight is 367 g/mol. The summed E-state index contributed by atoms with van der Waals surface area (Å²) in [6, 6.07) is 15.5. The van der Waals surface area contributed by atoms with Gasteiger partial charge in [-0.25, -0.2) is 4.79 Å². The van der Waals surface area contributed by atoms with Gasteiger partial charge in [0.2, 0.25) is 11.6 Å². The van der Waals surface area contributed by atoms with Gasteiger partial charge in [-0.1, -0.05) is 54.6 Å². The smallest absolute Gasteiger partial charge is 0.410 e. The molecule has 0 aliphatic rings. The molecular formula is C22H25NO4. The number of hydrogen-bond acceptors (Lipinski definition) is 4. The average Bonchev–Trinajstić information content (AvgIpc) is 2.64. The van der Waals surface area contributed by atoms with Crippen molar-refractivity contribution in [3.63, 3.8) is 0 Å². The molecule has 0 radical (unpaired) electrons. The van der Waals surface area contributed by atoms with Gasteiger partial charge in [-0.05, 0) is 32.8 Å². The number of likely N-dealkylation sites (N-methyl/N-ethyl adjacent to an activating group) is 1. The van der Waals surface area contributed by atoms with E-state index in [-0.39, 0.29) is 0 Å². The zero-order chi connectivity index (χ0) is 20.0. The number of hydrogen-bond donors (Lipinski definition) is 0. The summed E-state index contributed by atoms with van der Waals surface area (Å²) < 4.78 is 5.33. The van der Waals surface area contributed by atoms with Crippen LogP contribution in [0.25, 0.3) is 0 Å². The van der Waals surface area contributed by atoms with Gasteiger partial charge in [0.1, 0.15) is 5.60 Å². The Morgan fingerprint density at radius 3 is 2.11 bits per heavy atom. The largest absolute Gasteiger partial charge is 0.444 e. The molecule has 0 aromatic heterocycles. The van der Waals surface area contributed by atoms with Crippen molar-refractivity contribution >= 4 is 17.7 Å². The zero-order valence-corrected chi connectivity index (χ0v) is 16.2. The molecule has 0 aliphatic carbocycles. The van der Waals surface area contributed by atoms with E-state index in [4.69, 9.17) is 4.74 Å². The quantitative estimate of drug-likeness (QED) is 0.568. The molecule has 0 N–H and O–H groups in total. The Hall–Kier alpha value is -2.95. The fourth-order valence-electron chi connectivity index (χ4n) is 2.52. The number of ketones is 2. The van der Waals surface area contributed by atoms with Gasteiger partial charge in [-0.15, -0.1) is 0 Å². The van der Waals surface area contributed by atoms with Crippen LogP contribution < -0.4 is 0 Å². The van der Waals surface area contributed by atoms with Gasteiger partial charge < -0.3 is 9.64 Å². The van der Waals surface area contributed by atoms with Gasteiger partial charge in [0.25, 0.3) is 0 Å². The van der Waals surface area contributed by atoms with Gasteiger partial charge in [0.05, 0.1) is 0 Å². The van der Waals surface area contributed by atoms with Crippen LogP contribution in [0, 0.1) is 0 Å². The van der Waals surface area contributed by atoms with Crippen LogP contribution in [0.3, 0.4) is 0 Å². The molecule has 27 heavy (non-hydrogen) atoms. The number of ether oxygens (including phenoxy) is 1. The van der Waals surface area contributed by atoms with Crippen LogP contribution in [0.4, 0.5) is 4.79 Å². The summed E-state index contributed by atoms with van der Waals surface area (Å²) in [5.41, 5.74) is 0.885.